The van der Waals surface area contributed by atoms with E-state index in [2.05, 4.69) is 15.2 Å². The summed E-state index contributed by atoms with van der Waals surface area (Å²) < 4.78 is 24.8. The van der Waals surface area contributed by atoms with Crippen LogP contribution in [0.15, 0.2) is 65.2 Å². The summed E-state index contributed by atoms with van der Waals surface area (Å²) >= 11 is 0. The molecule has 4 aromatic rings. The first-order valence-electron chi connectivity index (χ1n) is 11.3. The smallest absolute Gasteiger partial charge is 0.272 e. The van der Waals surface area contributed by atoms with E-state index in [1.807, 2.05) is 24.3 Å². The Bertz CT molecular complexity index is 1280. The maximum Gasteiger partial charge on any atom is 0.272 e. The Hall–Kier alpha value is -3.94. The number of likely N-dealkylation sites (tertiary alicyclic amines) is 1. The lowest BCUT2D eigenvalue weighted by molar-refractivity contribution is 0.0564. The number of piperidine rings is 1. The maximum atomic E-state index is 13.4. The highest BCUT2D eigenvalue weighted by Crippen LogP contribution is 2.33. The largest absolute Gasteiger partial charge is 0.496 e. The number of methoxy groups -OCH3 is 1. The Balaban J connectivity index is 1.35. The van der Waals surface area contributed by atoms with E-state index in [4.69, 9.17) is 9.15 Å². The van der Waals surface area contributed by atoms with Gasteiger partial charge in [0.2, 0.25) is 5.89 Å². The molecule has 5 rings (SSSR count). The van der Waals surface area contributed by atoms with E-state index in [1.165, 1.54) is 12.1 Å². The molecule has 7 nitrogen and oxygen atoms in total. The van der Waals surface area contributed by atoms with Gasteiger partial charge in [0.15, 0.2) is 0 Å². The molecule has 0 spiro atoms. The van der Waals surface area contributed by atoms with Gasteiger partial charge in [0.25, 0.3) is 5.91 Å². The molecule has 2 aromatic heterocycles. The summed E-state index contributed by atoms with van der Waals surface area (Å²) in [5, 5.41) is 7.09. The highest BCUT2D eigenvalue weighted by Gasteiger charge is 2.33. The van der Waals surface area contributed by atoms with E-state index in [0.29, 0.717) is 30.2 Å². The van der Waals surface area contributed by atoms with Crippen LogP contribution >= 0.6 is 0 Å². The van der Waals surface area contributed by atoms with Gasteiger partial charge >= 0.3 is 0 Å². The molecule has 0 bridgehead atoms. The molecule has 1 fully saturated rings. The first kappa shape index (κ1) is 21.9. The zero-order chi connectivity index (χ0) is 23.5. The lowest BCUT2D eigenvalue weighted by atomic mass is 10.0. The van der Waals surface area contributed by atoms with Crippen molar-refractivity contribution >= 4 is 5.91 Å². The van der Waals surface area contributed by atoms with Gasteiger partial charge < -0.3 is 14.1 Å². The number of hydrogen-bond donors (Lipinski definition) is 1. The van der Waals surface area contributed by atoms with Gasteiger partial charge in [-0.05, 0) is 55.7 Å². The molecule has 1 aliphatic heterocycles. The lowest BCUT2D eigenvalue weighted by Crippen LogP contribution is -2.38. The predicted molar refractivity (Wildman–Crippen MR) is 124 cm³/mol. The SMILES string of the molecule is COc1ccccc1Cc1cnc([C@@H]2CCCCN2C(=O)c2cc(-c3ccc(F)cc3)n[nH]2)o1. The highest BCUT2D eigenvalue weighted by atomic mass is 19.1. The van der Waals surface area contributed by atoms with Gasteiger partial charge in [-0.2, -0.15) is 5.10 Å². The second-order valence-electron chi connectivity index (χ2n) is 8.34. The van der Waals surface area contributed by atoms with Crippen LogP contribution in [-0.4, -0.2) is 39.6 Å². The molecule has 2 aromatic carbocycles. The van der Waals surface area contributed by atoms with Crippen molar-refractivity contribution < 1.29 is 18.3 Å². The fourth-order valence-corrected chi connectivity index (χ4v) is 4.38. The topological polar surface area (TPSA) is 84.2 Å². The Kier molecular flexibility index (Phi) is 6.12. The minimum Gasteiger partial charge on any atom is -0.496 e. The average molecular weight is 461 g/mol. The van der Waals surface area contributed by atoms with Gasteiger partial charge in [-0.25, -0.2) is 9.37 Å². The summed E-state index contributed by atoms with van der Waals surface area (Å²) in [6, 6.07) is 15.3. The van der Waals surface area contributed by atoms with Crippen LogP contribution in [-0.2, 0) is 6.42 Å². The lowest BCUT2D eigenvalue weighted by Gasteiger charge is -2.33. The van der Waals surface area contributed by atoms with Crippen molar-refractivity contribution in [1.82, 2.24) is 20.1 Å². The van der Waals surface area contributed by atoms with Crippen molar-refractivity contribution in [1.29, 1.82) is 0 Å². The van der Waals surface area contributed by atoms with Crippen LogP contribution < -0.4 is 4.74 Å². The van der Waals surface area contributed by atoms with Crippen molar-refractivity contribution in [2.24, 2.45) is 0 Å². The number of aromatic nitrogens is 3. The van der Waals surface area contributed by atoms with Gasteiger partial charge in [0.1, 0.15) is 29.1 Å². The molecule has 1 aliphatic rings. The Morgan fingerprint density at radius 1 is 1.21 bits per heavy atom. The van der Waals surface area contributed by atoms with Crippen LogP contribution in [0.1, 0.15) is 53.0 Å². The van der Waals surface area contributed by atoms with E-state index in [1.54, 1.807) is 36.4 Å². The third kappa shape index (κ3) is 4.44. The number of para-hydroxylation sites is 1. The molecule has 0 radical (unpaired) electrons. The Labute approximate surface area is 196 Å². The molecular formula is C26H25FN4O3. The number of oxazole rings is 1. The summed E-state index contributed by atoms with van der Waals surface area (Å²) in [6.07, 6.45) is 4.96. The fourth-order valence-electron chi connectivity index (χ4n) is 4.38. The highest BCUT2D eigenvalue weighted by molar-refractivity contribution is 5.93. The molecule has 1 atom stereocenters. The van der Waals surface area contributed by atoms with Crippen molar-refractivity contribution in [3.05, 3.63) is 89.5 Å². The van der Waals surface area contributed by atoms with Gasteiger partial charge in [-0.3, -0.25) is 9.89 Å². The van der Waals surface area contributed by atoms with E-state index < -0.39 is 0 Å². The monoisotopic (exact) mass is 460 g/mol. The van der Waals surface area contributed by atoms with Crippen LogP contribution in [0.5, 0.6) is 5.75 Å². The number of amides is 1. The summed E-state index contributed by atoms with van der Waals surface area (Å²) in [6.45, 7) is 0.610. The van der Waals surface area contributed by atoms with Crippen molar-refractivity contribution in [2.75, 3.05) is 13.7 Å². The van der Waals surface area contributed by atoms with E-state index in [-0.39, 0.29) is 17.8 Å². The molecule has 1 saturated heterocycles. The molecule has 0 aliphatic carbocycles. The zero-order valence-corrected chi connectivity index (χ0v) is 18.8. The number of hydrogen-bond acceptors (Lipinski definition) is 5. The van der Waals surface area contributed by atoms with E-state index in [0.717, 1.165) is 41.9 Å². The number of H-pyrrole nitrogens is 1. The maximum absolute atomic E-state index is 13.4. The van der Waals surface area contributed by atoms with Gasteiger partial charge in [0, 0.05) is 24.1 Å². The van der Waals surface area contributed by atoms with E-state index in [9.17, 15) is 9.18 Å². The molecule has 1 N–H and O–H groups in total. The molecule has 8 heteroatoms. The second kappa shape index (κ2) is 9.51. The number of halogens is 1. The number of nitrogens with one attached hydrogen (secondary N) is 1. The first-order chi connectivity index (χ1) is 16.6. The normalized spacial score (nSPS) is 15.9. The number of rotatable bonds is 6. The number of nitrogens with zero attached hydrogens (tertiary/aromatic N) is 3. The second-order valence-corrected chi connectivity index (χ2v) is 8.34. The molecular weight excluding hydrogens is 435 g/mol. The molecule has 0 saturated carbocycles. The summed E-state index contributed by atoms with van der Waals surface area (Å²) in [5.74, 6) is 1.58. The molecule has 0 unspecified atom stereocenters. The zero-order valence-electron chi connectivity index (χ0n) is 18.8. The molecule has 34 heavy (non-hydrogen) atoms. The van der Waals surface area contributed by atoms with Crippen LogP contribution in [0.25, 0.3) is 11.3 Å². The van der Waals surface area contributed by atoms with Crippen LogP contribution in [0.2, 0.25) is 0 Å². The third-order valence-electron chi connectivity index (χ3n) is 6.13. The standard InChI is InChI=1S/C26H25FN4O3/c1-33-24-8-3-2-6-18(24)14-20-16-28-25(34-20)23-7-4-5-13-31(23)26(32)22-15-21(29-30-22)17-9-11-19(27)12-10-17/h2-3,6,8-12,15-16,23H,4-5,7,13-14H2,1H3,(H,29,30)/t23-/m0/s1. The van der Waals surface area contributed by atoms with E-state index >= 15 is 0 Å². The molecule has 174 valence electrons. The summed E-state index contributed by atoms with van der Waals surface area (Å²) in [4.78, 5) is 19.7. The van der Waals surface area contributed by atoms with Crippen LogP contribution in [0.4, 0.5) is 4.39 Å². The van der Waals surface area contributed by atoms with Crippen molar-refractivity contribution in [2.45, 2.75) is 31.7 Å². The minimum absolute atomic E-state index is 0.157. The quantitative estimate of drug-likeness (QED) is 0.429. The summed E-state index contributed by atoms with van der Waals surface area (Å²) in [7, 11) is 1.65. The number of carbonyl (C=O) groups is 1. The third-order valence-corrected chi connectivity index (χ3v) is 6.13. The Morgan fingerprint density at radius 3 is 2.85 bits per heavy atom. The molecule has 1 amide bonds. The van der Waals surface area contributed by atoms with Crippen LogP contribution in [0.3, 0.4) is 0 Å². The number of carbonyl (C=O) groups excluding carboxylic acids is 1. The van der Waals surface area contributed by atoms with Crippen molar-refractivity contribution in [3.63, 3.8) is 0 Å². The fraction of sp³-hybridized carbons (Fsp3) is 0.269. The van der Waals surface area contributed by atoms with Gasteiger partial charge in [0.05, 0.1) is 19.0 Å². The number of ether oxygens (including phenoxy) is 1. The predicted octanol–water partition coefficient (Wildman–Crippen LogP) is 5.17. The minimum atomic E-state index is -0.317. The number of aromatic amines is 1. The van der Waals surface area contributed by atoms with Crippen LogP contribution in [0, 0.1) is 5.82 Å². The molecule has 3 heterocycles. The van der Waals surface area contributed by atoms with Gasteiger partial charge in [-0.1, -0.05) is 18.2 Å². The van der Waals surface area contributed by atoms with Crippen molar-refractivity contribution in [3.8, 4) is 17.0 Å². The average Bonchev–Trinajstić information content (AvgIpc) is 3.55. The number of benzene rings is 2. The van der Waals surface area contributed by atoms with Gasteiger partial charge in [-0.15, -0.1) is 0 Å². The summed E-state index contributed by atoms with van der Waals surface area (Å²) in [5.41, 5.74) is 2.72. The Morgan fingerprint density at radius 2 is 2.03 bits per heavy atom. The first-order valence-corrected chi connectivity index (χ1v) is 11.3.